The van der Waals surface area contributed by atoms with Crippen LogP contribution in [0.15, 0.2) is 30.3 Å². The lowest BCUT2D eigenvalue weighted by atomic mass is 9.90. The molecule has 2 aliphatic heterocycles. The van der Waals surface area contributed by atoms with Gasteiger partial charge in [0.1, 0.15) is 5.69 Å². The third kappa shape index (κ3) is 3.35. The molecular weight excluding hydrogens is 330 g/mol. The van der Waals surface area contributed by atoms with E-state index in [9.17, 15) is 9.59 Å². The fourth-order valence-corrected chi connectivity index (χ4v) is 3.64. The van der Waals surface area contributed by atoms with E-state index in [1.54, 1.807) is 10.7 Å². The van der Waals surface area contributed by atoms with Crippen molar-refractivity contribution in [3.63, 3.8) is 0 Å². The quantitative estimate of drug-likeness (QED) is 0.784. The molecule has 136 valence electrons. The van der Waals surface area contributed by atoms with E-state index >= 15 is 0 Å². The Morgan fingerprint density at radius 1 is 1.23 bits per heavy atom. The molecule has 2 aliphatic rings. The minimum atomic E-state index is -0.304. The summed E-state index contributed by atoms with van der Waals surface area (Å²) >= 11 is 0. The first kappa shape index (κ1) is 16.8. The highest BCUT2D eigenvalue weighted by atomic mass is 16.2. The summed E-state index contributed by atoms with van der Waals surface area (Å²) < 4.78 is 1.60. The van der Waals surface area contributed by atoms with Crippen molar-refractivity contribution >= 4 is 17.5 Å². The Balaban J connectivity index is 1.45. The van der Waals surface area contributed by atoms with Gasteiger partial charge in [-0.2, -0.15) is 5.10 Å². The number of nitrogens with one attached hydrogen (secondary N) is 3. The van der Waals surface area contributed by atoms with Crippen molar-refractivity contribution in [2.45, 2.75) is 38.3 Å². The van der Waals surface area contributed by atoms with Crippen molar-refractivity contribution in [3.05, 3.63) is 47.3 Å². The highest BCUT2D eigenvalue weighted by molar-refractivity contribution is 6.04. The smallest absolute Gasteiger partial charge is 0.276 e. The lowest BCUT2D eigenvalue weighted by Crippen LogP contribution is -2.42. The van der Waals surface area contributed by atoms with Gasteiger partial charge in [-0.1, -0.05) is 12.1 Å². The molecule has 1 fully saturated rings. The predicted molar refractivity (Wildman–Crippen MR) is 98.4 cm³/mol. The van der Waals surface area contributed by atoms with Gasteiger partial charge in [0.25, 0.3) is 11.8 Å². The van der Waals surface area contributed by atoms with Crippen molar-refractivity contribution < 1.29 is 9.59 Å². The number of carbonyl (C=O) groups is 2. The van der Waals surface area contributed by atoms with E-state index in [2.05, 4.69) is 33.2 Å². The standard InChI is InChI=1S/C19H23N5O2/c1-12-11-24-17(19(26)21-12)10-16(23-24)18(25)22-15-4-2-13(3-5-15)14-6-8-20-9-7-14/h2-5,10,12,14,20H,6-9,11H2,1H3,(H,21,26)(H,22,25). The molecule has 7 heteroatoms. The lowest BCUT2D eigenvalue weighted by molar-refractivity contribution is 0.0900. The van der Waals surface area contributed by atoms with Crippen LogP contribution in [0.4, 0.5) is 5.69 Å². The summed E-state index contributed by atoms with van der Waals surface area (Å²) in [5, 5.41) is 13.4. The Labute approximate surface area is 152 Å². The van der Waals surface area contributed by atoms with Crippen molar-refractivity contribution in [1.82, 2.24) is 20.4 Å². The van der Waals surface area contributed by atoms with Crippen molar-refractivity contribution in [3.8, 4) is 0 Å². The van der Waals surface area contributed by atoms with Crippen LogP contribution in [0.25, 0.3) is 0 Å². The van der Waals surface area contributed by atoms with Gasteiger partial charge in [0, 0.05) is 17.8 Å². The summed E-state index contributed by atoms with van der Waals surface area (Å²) in [6.07, 6.45) is 2.29. The molecule has 0 bridgehead atoms. The van der Waals surface area contributed by atoms with E-state index < -0.39 is 0 Å². The van der Waals surface area contributed by atoms with Gasteiger partial charge in [0.2, 0.25) is 0 Å². The van der Waals surface area contributed by atoms with Gasteiger partial charge in [-0.3, -0.25) is 14.3 Å². The van der Waals surface area contributed by atoms with E-state index in [1.807, 2.05) is 19.1 Å². The van der Waals surface area contributed by atoms with E-state index in [4.69, 9.17) is 0 Å². The summed E-state index contributed by atoms with van der Waals surface area (Å²) in [6.45, 7) is 4.59. The molecule has 3 heterocycles. The molecule has 1 aromatic heterocycles. The Kier molecular flexibility index (Phi) is 4.46. The minimum absolute atomic E-state index is 0.00772. The average molecular weight is 353 g/mol. The van der Waals surface area contributed by atoms with Crippen LogP contribution in [-0.2, 0) is 6.54 Å². The molecule has 0 saturated carbocycles. The Bertz CT molecular complexity index is 821. The number of aromatic nitrogens is 2. The maximum atomic E-state index is 12.5. The van der Waals surface area contributed by atoms with Gasteiger partial charge in [-0.05, 0) is 56.5 Å². The molecule has 1 unspecified atom stereocenters. The number of carbonyl (C=O) groups excluding carboxylic acids is 2. The molecule has 0 aliphatic carbocycles. The van der Waals surface area contributed by atoms with Crippen LogP contribution >= 0.6 is 0 Å². The third-order valence-electron chi connectivity index (χ3n) is 5.05. The van der Waals surface area contributed by atoms with Crippen molar-refractivity contribution in [2.75, 3.05) is 18.4 Å². The zero-order chi connectivity index (χ0) is 18.1. The zero-order valence-corrected chi connectivity index (χ0v) is 14.8. The summed E-state index contributed by atoms with van der Waals surface area (Å²) in [7, 11) is 0. The predicted octanol–water partition coefficient (Wildman–Crippen LogP) is 1.73. The summed E-state index contributed by atoms with van der Waals surface area (Å²) in [5.41, 5.74) is 2.73. The first-order chi connectivity index (χ1) is 12.6. The Morgan fingerprint density at radius 3 is 2.69 bits per heavy atom. The SMILES string of the molecule is CC1Cn2nc(C(=O)Nc3ccc(C4CCNCC4)cc3)cc2C(=O)N1. The number of rotatable bonds is 3. The molecule has 7 nitrogen and oxygen atoms in total. The first-order valence-corrected chi connectivity index (χ1v) is 9.11. The molecule has 3 N–H and O–H groups in total. The average Bonchev–Trinajstić information content (AvgIpc) is 3.08. The van der Waals surface area contributed by atoms with Crippen LogP contribution in [0, 0.1) is 0 Å². The highest BCUT2D eigenvalue weighted by Crippen LogP contribution is 2.26. The number of piperidine rings is 1. The highest BCUT2D eigenvalue weighted by Gasteiger charge is 2.25. The maximum Gasteiger partial charge on any atom is 0.276 e. The summed E-state index contributed by atoms with van der Waals surface area (Å²) in [4.78, 5) is 24.4. The Hall–Kier alpha value is -2.67. The number of anilines is 1. The van der Waals surface area contributed by atoms with Gasteiger partial charge in [-0.15, -0.1) is 0 Å². The van der Waals surface area contributed by atoms with Crippen LogP contribution in [0.1, 0.15) is 52.2 Å². The topological polar surface area (TPSA) is 88.1 Å². The van der Waals surface area contributed by atoms with Gasteiger partial charge in [0.15, 0.2) is 5.69 Å². The summed E-state index contributed by atoms with van der Waals surface area (Å²) in [5.74, 6) is 0.0879. The van der Waals surface area contributed by atoms with Crippen LogP contribution in [0.5, 0.6) is 0 Å². The van der Waals surface area contributed by atoms with Gasteiger partial charge in [0.05, 0.1) is 6.54 Å². The van der Waals surface area contributed by atoms with E-state index in [-0.39, 0.29) is 23.6 Å². The number of fused-ring (bicyclic) bond motifs is 1. The van der Waals surface area contributed by atoms with Gasteiger partial charge < -0.3 is 16.0 Å². The second kappa shape index (κ2) is 6.92. The normalized spacial score (nSPS) is 20.3. The minimum Gasteiger partial charge on any atom is -0.346 e. The molecule has 26 heavy (non-hydrogen) atoms. The molecule has 4 rings (SSSR count). The largest absolute Gasteiger partial charge is 0.346 e. The van der Waals surface area contributed by atoms with Crippen LogP contribution in [0.2, 0.25) is 0 Å². The number of hydrogen-bond donors (Lipinski definition) is 3. The number of nitrogens with zero attached hydrogens (tertiary/aromatic N) is 2. The first-order valence-electron chi connectivity index (χ1n) is 9.11. The molecule has 1 saturated heterocycles. The van der Waals surface area contributed by atoms with E-state index in [1.165, 1.54) is 5.56 Å². The second-order valence-corrected chi connectivity index (χ2v) is 7.07. The molecule has 2 amide bonds. The number of hydrogen-bond acceptors (Lipinski definition) is 4. The fraction of sp³-hybridized carbons (Fsp3) is 0.421. The van der Waals surface area contributed by atoms with Gasteiger partial charge >= 0.3 is 0 Å². The maximum absolute atomic E-state index is 12.5. The fourth-order valence-electron chi connectivity index (χ4n) is 3.64. The van der Waals surface area contributed by atoms with Crippen molar-refractivity contribution in [1.29, 1.82) is 0 Å². The van der Waals surface area contributed by atoms with Crippen LogP contribution in [0.3, 0.4) is 0 Å². The Morgan fingerprint density at radius 2 is 1.96 bits per heavy atom. The number of benzene rings is 1. The molecule has 1 aromatic carbocycles. The van der Waals surface area contributed by atoms with Crippen molar-refractivity contribution in [2.24, 2.45) is 0 Å². The molecule has 0 radical (unpaired) electrons. The lowest BCUT2D eigenvalue weighted by Gasteiger charge is -2.23. The molecule has 2 aromatic rings. The summed E-state index contributed by atoms with van der Waals surface area (Å²) in [6, 6.07) is 9.58. The van der Waals surface area contributed by atoms with E-state index in [0.29, 0.717) is 18.2 Å². The molecule has 0 spiro atoms. The second-order valence-electron chi connectivity index (χ2n) is 7.07. The van der Waals surface area contributed by atoms with Crippen LogP contribution < -0.4 is 16.0 Å². The van der Waals surface area contributed by atoms with E-state index in [0.717, 1.165) is 31.6 Å². The molecular formula is C19H23N5O2. The monoisotopic (exact) mass is 353 g/mol. The molecule has 1 atom stereocenters. The van der Waals surface area contributed by atoms with Gasteiger partial charge in [-0.25, -0.2) is 0 Å². The van der Waals surface area contributed by atoms with Crippen LogP contribution in [-0.4, -0.2) is 40.7 Å². The third-order valence-corrected chi connectivity index (χ3v) is 5.05. The zero-order valence-electron chi connectivity index (χ0n) is 14.8. The number of amides is 2.